The van der Waals surface area contributed by atoms with Crippen molar-refractivity contribution >= 4 is 27.0 Å². The Morgan fingerprint density at radius 3 is 2.68 bits per heavy atom. The number of hydrogen-bond donors (Lipinski definition) is 0. The van der Waals surface area contributed by atoms with Crippen LogP contribution in [0.1, 0.15) is 46.8 Å². The first-order valence-corrected chi connectivity index (χ1v) is 12.3. The first-order valence-electron chi connectivity index (χ1n) is 9.60. The molecule has 7 nitrogen and oxygen atoms in total. The van der Waals surface area contributed by atoms with E-state index < -0.39 is 27.3 Å². The quantitative estimate of drug-likeness (QED) is 0.252. The van der Waals surface area contributed by atoms with Crippen LogP contribution in [0.4, 0.5) is 4.39 Å². The predicted molar refractivity (Wildman–Crippen MR) is 118 cm³/mol. The van der Waals surface area contributed by atoms with Gasteiger partial charge in [-0.1, -0.05) is 47.2 Å². The van der Waals surface area contributed by atoms with Crippen molar-refractivity contribution < 1.29 is 21.8 Å². The maximum absolute atomic E-state index is 14.2. The van der Waals surface area contributed by atoms with Crippen LogP contribution in [0.2, 0.25) is 0 Å². The smallest absolute Gasteiger partial charge is 0.264 e. The highest BCUT2D eigenvalue weighted by atomic mass is 32.2. The number of carbonyl (C=O) groups excluding carboxylic acids is 1. The summed E-state index contributed by atoms with van der Waals surface area (Å²) in [6.45, 7) is 1.26. The Morgan fingerprint density at radius 2 is 2.00 bits per heavy atom. The second-order valence-corrected chi connectivity index (χ2v) is 10.3. The van der Waals surface area contributed by atoms with E-state index in [2.05, 4.69) is 10.0 Å². The molecule has 164 valence electrons. The van der Waals surface area contributed by atoms with Crippen LogP contribution < -0.4 is 0 Å². The fourth-order valence-corrected chi connectivity index (χ4v) is 5.77. The zero-order valence-corrected chi connectivity index (χ0v) is 18.7. The van der Waals surface area contributed by atoms with Crippen molar-refractivity contribution in [3.8, 4) is 0 Å². The lowest BCUT2D eigenvalue weighted by molar-refractivity contribution is -0.109. The molecular formula is C21H22FN3O4S2. The number of benzene rings is 2. The molecule has 0 saturated heterocycles. The highest BCUT2D eigenvalue weighted by Gasteiger charge is 2.35. The molecular weight excluding hydrogens is 441 g/mol. The van der Waals surface area contributed by atoms with Crippen molar-refractivity contribution in [3.63, 3.8) is 0 Å². The molecule has 1 aliphatic rings. The summed E-state index contributed by atoms with van der Waals surface area (Å²) in [7, 11) is -3.82. The molecule has 0 aliphatic heterocycles. The Hall–Kier alpha value is -2.39. The third-order valence-electron chi connectivity index (χ3n) is 5.08. The largest absolute Gasteiger partial charge is 0.288 e. The van der Waals surface area contributed by atoms with E-state index in [4.69, 9.17) is 9.71 Å². The topological polar surface area (TPSA) is 109 Å². The van der Waals surface area contributed by atoms with Gasteiger partial charge in [-0.2, -0.15) is 8.42 Å². The number of fused-ring (bicyclic) bond motifs is 2. The lowest BCUT2D eigenvalue weighted by Gasteiger charge is -2.29. The maximum atomic E-state index is 14.2. The van der Waals surface area contributed by atoms with Crippen LogP contribution in [0, 0.1) is 5.82 Å². The van der Waals surface area contributed by atoms with E-state index in [0.29, 0.717) is 12.0 Å². The second kappa shape index (κ2) is 9.82. The van der Waals surface area contributed by atoms with Gasteiger partial charge < -0.3 is 0 Å². The standard InChI is InChI=1S/C21H22FN3O4S2/c1-13(26)30-21-19-10-16(22)8-7-15(19)9-14-5-3-4-6-18(14)20(21)11-17(12-24-25-23)29-31(2,27)28/h3-8,10,17,20-21H,9,11-12H2,1-2H3/t17-,20+,21+/m0/s1. The van der Waals surface area contributed by atoms with Crippen molar-refractivity contribution in [2.24, 2.45) is 5.11 Å². The van der Waals surface area contributed by atoms with Crippen molar-refractivity contribution in [3.05, 3.63) is 81.0 Å². The van der Waals surface area contributed by atoms with Gasteiger partial charge in [0.2, 0.25) is 0 Å². The molecule has 2 aromatic rings. The Bertz CT molecular complexity index is 1130. The molecule has 0 fully saturated rings. The van der Waals surface area contributed by atoms with Crippen molar-refractivity contribution in [2.75, 3.05) is 12.8 Å². The molecule has 3 atom stereocenters. The van der Waals surface area contributed by atoms with Gasteiger partial charge in [-0.15, -0.1) is 0 Å². The number of halogens is 1. The van der Waals surface area contributed by atoms with Crippen LogP contribution in [-0.4, -0.2) is 32.4 Å². The van der Waals surface area contributed by atoms with Crippen LogP contribution >= 0.6 is 11.8 Å². The zero-order chi connectivity index (χ0) is 22.6. The summed E-state index contributed by atoms with van der Waals surface area (Å²) in [4.78, 5) is 14.9. The van der Waals surface area contributed by atoms with Gasteiger partial charge in [0.15, 0.2) is 5.12 Å². The monoisotopic (exact) mass is 463 g/mol. The third-order valence-corrected chi connectivity index (χ3v) is 6.87. The van der Waals surface area contributed by atoms with Gasteiger partial charge in [0.25, 0.3) is 10.1 Å². The van der Waals surface area contributed by atoms with Gasteiger partial charge in [0.05, 0.1) is 18.9 Å². The van der Waals surface area contributed by atoms with Gasteiger partial charge >= 0.3 is 0 Å². The van der Waals surface area contributed by atoms with E-state index in [1.807, 2.05) is 24.3 Å². The number of thioether (sulfide) groups is 1. The number of hydrogen-bond acceptors (Lipinski definition) is 6. The summed E-state index contributed by atoms with van der Waals surface area (Å²) in [5, 5.41) is 2.91. The van der Waals surface area contributed by atoms with Crippen LogP contribution in [-0.2, 0) is 25.5 Å². The molecule has 0 spiro atoms. The van der Waals surface area contributed by atoms with Crippen molar-refractivity contribution in [2.45, 2.75) is 37.0 Å². The molecule has 0 heterocycles. The molecule has 3 rings (SSSR count). The third kappa shape index (κ3) is 6.07. The van der Waals surface area contributed by atoms with Crippen molar-refractivity contribution in [1.29, 1.82) is 0 Å². The molecule has 2 aromatic carbocycles. The lowest BCUT2D eigenvalue weighted by atomic mass is 9.86. The minimum absolute atomic E-state index is 0.139. The summed E-state index contributed by atoms with van der Waals surface area (Å²) in [5.74, 6) is -0.774. The van der Waals surface area contributed by atoms with Gasteiger partial charge in [-0.05, 0) is 52.8 Å². The summed E-state index contributed by atoms with van der Waals surface area (Å²) < 4.78 is 43.0. The van der Waals surface area contributed by atoms with Crippen molar-refractivity contribution in [1.82, 2.24) is 0 Å². The van der Waals surface area contributed by atoms with Gasteiger partial charge in [-0.3, -0.25) is 8.98 Å². The Kier molecular flexibility index (Phi) is 7.38. The van der Waals surface area contributed by atoms with Gasteiger partial charge in [-0.25, -0.2) is 4.39 Å². The molecule has 1 aliphatic carbocycles. The fourth-order valence-electron chi connectivity index (χ4n) is 4.01. The Balaban J connectivity index is 2.14. The van der Waals surface area contributed by atoms with E-state index in [1.54, 1.807) is 6.07 Å². The normalized spacial score (nSPS) is 18.8. The molecule has 10 heteroatoms. The highest BCUT2D eigenvalue weighted by molar-refractivity contribution is 8.13. The number of azide groups is 1. The van der Waals surface area contributed by atoms with Crippen LogP contribution in [0.25, 0.3) is 10.4 Å². The SMILES string of the molecule is CC(=O)S[C@@H]1c2cc(F)ccc2Cc2ccccc2[C@H]1C[C@@H](CN=[N+]=[N-])OS(C)(=O)=O. The molecule has 31 heavy (non-hydrogen) atoms. The summed E-state index contributed by atoms with van der Waals surface area (Å²) >= 11 is 1.08. The first-order chi connectivity index (χ1) is 14.7. The lowest BCUT2D eigenvalue weighted by Crippen LogP contribution is -2.25. The molecule has 0 saturated carbocycles. The average molecular weight is 464 g/mol. The summed E-state index contributed by atoms with van der Waals surface area (Å²) in [6, 6.07) is 12.2. The average Bonchev–Trinajstić information content (AvgIpc) is 2.80. The van der Waals surface area contributed by atoms with E-state index >= 15 is 0 Å². The van der Waals surface area contributed by atoms with Crippen LogP contribution in [0.5, 0.6) is 0 Å². The highest BCUT2D eigenvalue weighted by Crippen LogP contribution is 2.49. The maximum Gasteiger partial charge on any atom is 0.264 e. The molecule has 0 radical (unpaired) electrons. The number of rotatable bonds is 7. The van der Waals surface area contributed by atoms with Crippen LogP contribution in [0.15, 0.2) is 47.6 Å². The predicted octanol–water partition coefficient (Wildman–Crippen LogP) is 4.88. The second-order valence-electron chi connectivity index (χ2n) is 7.43. The summed E-state index contributed by atoms with van der Waals surface area (Å²) in [5.41, 5.74) is 12.3. The number of carbonyl (C=O) groups is 1. The van der Waals surface area contributed by atoms with Crippen LogP contribution in [0.3, 0.4) is 0 Å². The first kappa shape index (κ1) is 23.3. The zero-order valence-electron chi connectivity index (χ0n) is 17.1. The number of nitrogens with zero attached hydrogens (tertiary/aromatic N) is 3. The molecule has 0 unspecified atom stereocenters. The fraction of sp³-hybridized carbons (Fsp3) is 0.381. The Labute approximate surface area is 184 Å². The van der Waals surface area contributed by atoms with E-state index in [9.17, 15) is 17.6 Å². The molecule has 0 amide bonds. The molecule has 0 bridgehead atoms. The summed E-state index contributed by atoms with van der Waals surface area (Å²) in [6.07, 6.45) is 0.743. The minimum Gasteiger partial charge on any atom is -0.288 e. The van der Waals surface area contributed by atoms with Gasteiger partial charge in [0, 0.05) is 23.0 Å². The van der Waals surface area contributed by atoms with E-state index in [-0.39, 0.29) is 24.0 Å². The molecule has 0 aromatic heterocycles. The Morgan fingerprint density at radius 1 is 1.29 bits per heavy atom. The van der Waals surface area contributed by atoms with E-state index in [1.165, 1.54) is 19.1 Å². The minimum atomic E-state index is -3.82. The van der Waals surface area contributed by atoms with Gasteiger partial charge in [0.1, 0.15) is 5.82 Å². The molecule has 0 N–H and O–H groups in total. The van der Waals surface area contributed by atoms with E-state index in [0.717, 1.165) is 34.7 Å².